The summed E-state index contributed by atoms with van der Waals surface area (Å²) in [6, 6.07) is 5.47. The maximum absolute atomic E-state index is 13.6. The highest BCUT2D eigenvalue weighted by atomic mass is 79.9. The van der Waals surface area contributed by atoms with Crippen molar-refractivity contribution in [3.8, 4) is 11.6 Å². The zero-order valence-electron chi connectivity index (χ0n) is 10.0. The number of nitrogens with two attached hydrogens (primary N) is 1. The number of hydrogen-bond donors (Lipinski definition) is 1. The third-order valence-electron chi connectivity index (χ3n) is 2.46. The summed E-state index contributed by atoms with van der Waals surface area (Å²) in [6.45, 7) is 1.80. The summed E-state index contributed by atoms with van der Waals surface area (Å²) in [6.07, 6.45) is 1.50. The fourth-order valence-electron chi connectivity index (χ4n) is 1.48. The summed E-state index contributed by atoms with van der Waals surface area (Å²) in [4.78, 5) is 3.94. The van der Waals surface area contributed by atoms with Crippen LogP contribution in [0.1, 0.15) is 18.5 Å². The Kier molecular flexibility index (Phi) is 4.11. The minimum Gasteiger partial charge on any atom is -0.436 e. The molecule has 0 saturated carbocycles. The molecule has 0 bridgehead atoms. The van der Waals surface area contributed by atoms with Gasteiger partial charge in [-0.15, -0.1) is 0 Å². The summed E-state index contributed by atoms with van der Waals surface area (Å²) in [5.74, 6) is -2.13. The Balaban J connectivity index is 2.33. The normalized spacial score (nSPS) is 12.3. The topological polar surface area (TPSA) is 48.1 Å². The van der Waals surface area contributed by atoms with Gasteiger partial charge in [0.2, 0.25) is 11.7 Å². The van der Waals surface area contributed by atoms with Gasteiger partial charge in [0.25, 0.3) is 0 Å². The molecule has 0 saturated heterocycles. The summed E-state index contributed by atoms with van der Waals surface area (Å²) >= 11 is 3.07. The highest BCUT2D eigenvalue weighted by Crippen LogP contribution is 2.29. The first-order valence-corrected chi connectivity index (χ1v) is 6.30. The Morgan fingerprint density at radius 1 is 1.32 bits per heavy atom. The van der Waals surface area contributed by atoms with Crippen molar-refractivity contribution >= 4 is 15.9 Å². The molecule has 1 heterocycles. The van der Waals surface area contributed by atoms with Crippen molar-refractivity contribution in [2.75, 3.05) is 0 Å². The van der Waals surface area contributed by atoms with Crippen molar-refractivity contribution in [2.24, 2.45) is 5.73 Å². The van der Waals surface area contributed by atoms with Crippen molar-refractivity contribution in [3.05, 3.63) is 52.1 Å². The van der Waals surface area contributed by atoms with E-state index in [0.29, 0.717) is 4.47 Å². The van der Waals surface area contributed by atoms with E-state index in [-0.39, 0.29) is 17.7 Å². The maximum Gasteiger partial charge on any atom is 0.219 e. The first kappa shape index (κ1) is 13.9. The van der Waals surface area contributed by atoms with Crippen molar-refractivity contribution in [2.45, 2.75) is 13.0 Å². The highest BCUT2D eigenvalue weighted by Gasteiger charge is 2.13. The molecule has 19 heavy (non-hydrogen) atoms. The van der Waals surface area contributed by atoms with E-state index >= 15 is 0 Å². The van der Waals surface area contributed by atoms with Gasteiger partial charge < -0.3 is 10.5 Å². The molecule has 0 aliphatic rings. The second kappa shape index (κ2) is 5.63. The standard InChI is InChI=1S/C13H11BrF2N2O/c1-7(17)8-2-3-18-12(4-8)19-11-6-9(14)5-10(15)13(11)16/h2-7H,17H2,1H3/t7-/m0/s1. The minimum absolute atomic E-state index is 0.159. The van der Waals surface area contributed by atoms with Crippen LogP contribution in [0.2, 0.25) is 0 Å². The van der Waals surface area contributed by atoms with Gasteiger partial charge in [0.15, 0.2) is 11.6 Å². The average Bonchev–Trinajstić information content (AvgIpc) is 2.35. The molecule has 0 aliphatic carbocycles. The van der Waals surface area contributed by atoms with Crippen LogP contribution in [0.25, 0.3) is 0 Å². The van der Waals surface area contributed by atoms with Crippen LogP contribution in [-0.4, -0.2) is 4.98 Å². The zero-order valence-corrected chi connectivity index (χ0v) is 11.6. The Morgan fingerprint density at radius 2 is 2.05 bits per heavy atom. The lowest BCUT2D eigenvalue weighted by atomic mass is 10.1. The largest absolute Gasteiger partial charge is 0.436 e. The molecule has 2 aromatic rings. The molecule has 0 amide bonds. The summed E-state index contributed by atoms with van der Waals surface area (Å²) in [5, 5.41) is 0. The van der Waals surface area contributed by atoms with Crippen LogP contribution in [-0.2, 0) is 0 Å². The molecule has 6 heteroatoms. The molecule has 1 atom stereocenters. The van der Waals surface area contributed by atoms with E-state index in [2.05, 4.69) is 20.9 Å². The van der Waals surface area contributed by atoms with Gasteiger partial charge in [-0.3, -0.25) is 0 Å². The van der Waals surface area contributed by atoms with Crippen LogP contribution in [0.4, 0.5) is 8.78 Å². The molecule has 3 nitrogen and oxygen atoms in total. The van der Waals surface area contributed by atoms with Gasteiger partial charge in [-0.05, 0) is 30.7 Å². The highest BCUT2D eigenvalue weighted by molar-refractivity contribution is 9.10. The fraction of sp³-hybridized carbons (Fsp3) is 0.154. The second-order valence-electron chi connectivity index (χ2n) is 4.02. The molecule has 1 aromatic carbocycles. The number of pyridine rings is 1. The smallest absolute Gasteiger partial charge is 0.219 e. The lowest BCUT2D eigenvalue weighted by molar-refractivity contribution is 0.404. The van der Waals surface area contributed by atoms with E-state index in [4.69, 9.17) is 10.5 Å². The Hall–Kier alpha value is -1.53. The molecule has 0 fully saturated rings. The summed E-state index contributed by atoms with van der Waals surface area (Å²) in [5.41, 5.74) is 6.52. The quantitative estimate of drug-likeness (QED) is 0.868. The first-order valence-electron chi connectivity index (χ1n) is 5.51. The first-order chi connectivity index (χ1) is 8.97. The van der Waals surface area contributed by atoms with Crippen molar-refractivity contribution < 1.29 is 13.5 Å². The Bertz CT molecular complexity index is 605. The molecule has 0 unspecified atom stereocenters. The molecule has 0 radical (unpaired) electrons. The van der Waals surface area contributed by atoms with Gasteiger partial charge in [0.1, 0.15) is 0 Å². The molecule has 0 aliphatic heterocycles. The molecule has 1 aromatic heterocycles. The monoisotopic (exact) mass is 328 g/mol. The van der Waals surface area contributed by atoms with Crippen LogP contribution in [0.3, 0.4) is 0 Å². The number of ether oxygens (including phenoxy) is 1. The van der Waals surface area contributed by atoms with Gasteiger partial charge in [-0.2, -0.15) is 4.39 Å². The number of hydrogen-bond acceptors (Lipinski definition) is 3. The molecular formula is C13H11BrF2N2O. The van der Waals surface area contributed by atoms with Crippen molar-refractivity contribution in [1.29, 1.82) is 0 Å². The molecular weight excluding hydrogens is 318 g/mol. The predicted octanol–water partition coefficient (Wildman–Crippen LogP) is 3.93. The van der Waals surface area contributed by atoms with Gasteiger partial charge in [-0.25, -0.2) is 9.37 Å². The van der Waals surface area contributed by atoms with E-state index in [1.807, 2.05) is 0 Å². The molecule has 2 rings (SSSR count). The van der Waals surface area contributed by atoms with Gasteiger partial charge in [0, 0.05) is 22.8 Å². The van der Waals surface area contributed by atoms with E-state index in [0.717, 1.165) is 11.6 Å². The lowest BCUT2D eigenvalue weighted by Crippen LogP contribution is -2.05. The van der Waals surface area contributed by atoms with E-state index in [1.54, 1.807) is 19.1 Å². The van der Waals surface area contributed by atoms with Crippen molar-refractivity contribution in [1.82, 2.24) is 4.98 Å². The van der Waals surface area contributed by atoms with E-state index in [1.165, 1.54) is 12.3 Å². The number of rotatable bonds is 3. The number of halogens is 3. The summed E-state index contributed by atoms with van der Waals surface area (Å²) in [7, 11) is 0. The van der Waals surface area contributed by atoms with Crippen LogP contribution >= 0.6 is 15.9 Å². The van der Waals surface area contributed by atoms with Gasteiger partial charge >= 0.3 is 0 Å². The molecule has 2 N–H and O–H groups in total. The van der Waals surface area contributed by atoms with Gasteiger partial charge in [0.05, 0.1) is 0 Å². The van der Waals surface area contributed by atoms with E-state index in [9.17, 15) is 8.78 Å². The number of benzene rings is 1. The zero-order chi connectivity index (χ0) is 14.0. The van der Waals surface area contributed by atoms with Crippen LogP contribution in [0, 0.1) is 11.6 Å². The summed E-state index contributed by atoms with van der Waals surface area (Å²) < 4.78 is 32.4. The van der Waals surface area contributed by atoms with Gasteiger partial charge in [-0.1, -0.05) is 15.9 Å². The SMILES string of the molecule is C[C@H](N)c1ccnc(Oc2cc(Br)cc(F)c2F)c1. The van der Waals surface area contributed by atoms with Crippen LogP contribution in [0.15, 0.2) is 34.9 Å². The third kappa shape index (κ3) is 3.27. The minimum atomic E-state index is -1.06. The fourth-order valence-corrected chi connectivity index (χ4v) is 1.89. The Morgan fingerprint density at radius 3 is 2.74 bits per heavy atom. The van der Waals surface area contributed by atoms with Crippen LogP contribution in [0.5, 0.6) is 11.6 Å². The van der Waals surface area contributed by atoms with E-state index < -0.39 is 11.6 Å². The number of aromatic nitrogens is 1. The maximum atomic E-state index is 13.6. The average molecular weight is 329 g/mol. The number of nitrogens with zero attached hydrogens (tertiary/aromatic N) is 1. The Labute approximate surface area is 117 Å². The van der Waals surface area contributed by atoms with Crippen molar-refractivity contribution in [3.63, 3.8) is 0 Å². The lowest BCUT2D eigenvalue weighted by Gasteiger charge is -2.10. The molecule has 100 valence electrons. The third-order valence-corrected chi connectivity index (χ3v) is 2.92. The van der Waals surface area contributed by atoms with Crippen LogP contribution < -0.4 is 10.5 Å². The predicted molar refractivity (Wildman–Crippen MR) is 71.0 cm³/mol. The second-order valence-corrected chi connectivity index (χ2v) is 4.93. The molecule has 0 spiro atoms.